The van der Waals surface area contributed by atoms with Gasteiger partial charge in [-0.15, -0.1) is 0 Å². The summed E-state index contributed by atoms with van der Waals surface area (Å²) in [5.41, 5.74) is 13.9. The third-order valence-electron chi connectivity index (χ3n) is 11.5. The summed E-state index contributed by atoms with van der Waals surface area (Å²) in [6.07, 6.45) is 5.50. The normalized spacial score (nSPS) is 18.3. The molecule has 2 aliphatic heterocycles. The molecule has 340 valence electrons. The monoisotopic (exact) mass is 899 g/mol. The second-order valence-electron chi connectivity index (χ2n) is 16.0. The molecule has 11 N–H and O–H groups in total. The van der Waals surface area contributed by atoms with Gasteiger partial charge in [-0.1, -0.05) is 48.5 Å². The van der Waals surface area contributed by atoms with Gasteiger partial charge in [0.15, 0.2) is 0 Å². The summed E-state index contributed by atoms with van der Waals surface area (Å²) in [7, 11) is 0. The number of carbonyl (C=O) groups is 8. The molecule has 2 saturated heterocycles. The van der Waals surface area contributed by atoms with Gasteiger partial charge >= 0.3 is 5.97 Å². The van der Waals surface area contributed by atoms with Crippen molar-refractivity contribution < 1.29 is 43.5 Å². The molecule has 64 heavy (non-hydrogen) atoms. The molecule has 0 unspecified atom stereocenters. The van der Waals surface area contributed by atoms with Crippen molar-refractivity contribution in [3.63, 3.8) is 0 Å². The van der Waals surface area contributed by atoms with Gasteiger partial charge in [0.1, 0.15) is 36.3 Å². The van der Waals surface area contributed by atoms with E-state index in [9.17, 15) is 43.5 Å². The maximum Gasteiger partial charge on any atom is 0.327 e. The summed E-state index contributed by atoms with van der Waals surface area (Å²) in [5, 5.41) is 21.0. The van der Waals surface area contributed by atoms with Crippen molar-refractivity contribution in [3.05, 3.63) is 90.1 Å². The number of aromatic nitrogens is 3. The van der Waals surface area contributed by atoms with Gasteiger partial charge in [-0.05, 0) is 42.9 Å². The lowest BCUT2D eigenvalue weighted by molar-refractivity contribution is -0.145. The zero-order valence-corrected chi connectivity index (χ0v) is 35.8. The number of aromatic amines is 2. The van der Waals surface area contributed by atoms with E-state index in [2.05, 4.69) is 48.8 Å². The fourth-order valence-corrected chi connectivity index (χ4v) is 8.43. The summed E-state index contributed by atoms with van der Waals surface area (Å²) in [4.78, 5) is 120. The van der Waals surface area contributed by atoms with Crippen molar-refractivity contribution in [1.82, 2.24) is 46.0 Å². The third-order valence-corrected chi connectivity index (χ3v) is 11.8. The number of thiol groups is 1. The minimum Gasteiger partial charge on any atom is -0.480 e. The average molecular weight is 900 g/mol. The first-order chi connectivity index (χ1) is 30.7. The Balaban J connectivity index is 1.23. The molecule has 2 fully saturated rings. The van der Waals surface area contributed by atoms with Crippen molar-refractivity contribution in [1.29, 1.82) is 0 Å². The van der Waals surface area contributed by atoms with Crippen LogP contribution in [0.5, 0.6) is 0 Å². The topological polar surface area (TPSA) is 308 Å². The lowest BCUT2D eigenvalue weighted by Gasteiger charge is -2.32. The van der Waals surface area contributed by atoms with Gasteiger partial charge in [0.2, 0.25) is 41.4 Å². The number of carboxylic acid groups (broad SMARTS) is 1. The number of likely N-dealkylation sites (tertiary alicyclic amines) is 2. The Labute approximate surface area is 373 Å². The SMILES string of the molecule is NC(=O)C[C@H](N)C(=O)N[C@@H](Cc1c[nH]c2ccccc12)C(=O)N[C@@H](Cc1ccccc1)C(=O)N1CCC[C@H]1C(=O)N[C@@H](Cc1cnc[nH]1)C(=O)N1CCC[C@H]1C(=O)N[C@@H](CS)C(=O)O. The lowest BCUT2D eigenvalue weighted by atomic mass is 10.0. The Kier molecular flexibility index (Phi) is 15.8. The number of nitrogens with two attached hydrogens (primary N) is 2. The number of carbonyl (C=O) groups excluding carboxylic acids is 7. The fraction of sp³-hybridized carbons (Fsp3) is 0.419. The first kappa shape index (κ1) is 46.8. The number of para-hydroxylation sites is 1. The average Bonchev–Trinajstić information content (AvgIpc) is 4.13. The van der Waals surface area contributed by atoms with Crippen molar-refractivity contribution in [3.8, 4) is 0 Å². The highest BCUT2D eigenvalue weighted by Crippen LogP contribution is 2.24. The minimum absolute atomic E-state index is 0.0144. The number of nitrogens with zero attached hydrogens (tertiary/aromatic N) is 3. The van der Waals surface area contributed by atoms with Crippen LogP contribution in [0.3, 0.4) is 0 Å². The maximum atomic E-state index is 14.7. The molecular formula is C43H53N11O9S. The van der Waals surface area contributed by atoms with E-state index < -0.39 is 96.0 Å². The number of H-pyrrole nitrogens is 2. The molecule has 20 nitrogen and oxygen atoms in total. The van der Waals surface area contributed by atoms with E-state index in [0.717, 1.165) is 10.9 Å². The quantitative estimate of drug-likeness (QED) is 0.0483. The second kappa shape index (κ2) is 21.6. The molecule has 7 amide bonds. The highest BCUT2D eigenvalue weighted by Gasteiger charge is 2.43. The van der Waals surface area contributed by atoms with E-state index >= 15 is 0 Å². The number of imidazole rings is 1. The van der Waals surface area contributed by atoms with E-state index in [1.807, 2.05) is 24.3 Å². The highest BCUT2D eigenvalue weighted by molar-refractivity contribution is 7.80. The Morgan fingerprint density at radius 1 is 0.750 bits per heavy atom. The largest absolute Gasteiger partial charge is 0.480 e. The van der Waals surface area contributed by atoms with Gasteiger partial charge < -0.3 is 57.6 Å². The van der Waals surface area contributed by atoms with E-state index in [1.54, 1.807) is 36.5 Å². The van der Waals surface area contributed by atoms with Crippen LogP contribution in [-0.4, -0.2) is 138 Å². The molecule has 0 bridgehead atoms. The van der Waals surface area contributed by atoms with Gasteiger partial charge in [-0.2, -0.15) is 12.6 Å². The number of benzene rings is 2. The zero-order valence-electron chi connectivity index (χ0n) is 34.9. The lowest BCUT2D eigenvalue weighted by Crippen LogP contribution is -2.60. The van der Waals surface area contributed by atoms with E-state index in [-0.39, 0.29) is 50.9 Å². The van der Waals surface area contributed by atoms with Gasteiger partial charge in [0.25, 0.3) is 0 Å². The Morgan fingerprint density at radius 3 is 1.94 bits per heavy atom. The summed E-state index contributed by atoms with van der Waals surface area (Å²) in [6.45, 7) is 0.331. The maximum absolute atomic E-state index is 14.7. The molecule has 0 aliphatic carbocycles. The minimum atomic E-state index is -1.35. The van der Waals surface area contributed by atoms with Crippen LogP contribution in [0.25, 0.3) is 10.9 Å². The van der Waals surface area contributed by atoms with Crippen LogP contribution in [0.4, 0.5) is 0 Å². The fourth-order valence-electron chi connectivity index (χ4n) is 8.18. The molecular weight excluding hydrogens is 847 g/mol. The smallest absolute Gasteiger partial charge is 0.327 e. The summed E-state index contributed by atoms with van der Waals surface area (Å²) >= 11 is 4.02. The standard InChI is InChI=1S/C43H53N11O9S/c44-28(19-36(45)55)37(56)49-30(17-25-20-47-29-11-5-4-10-27(25)29)38(57)50-31(16-24-8-2-1-3-9-24)41(60)53-14-6-12-34(53)39(58)51-32(18-26-21-46-23-48-26)42(61)54-15-7-13-35(54)40(59)52-33(22-64)43(62)63/h1-5,8-11,20-21,23,28,30-35,47,64H,6-7,12-19,22,44H2,(H2,45,55)(H,46,48)(H,49,56)(H,50,57)(H,51,58)(H,52,59)(H,62,63)/t28-,30-,31-,32-,33-,34-,35-/m0/s1. The van der Waals surface area contributed by atoms with Crippen molar-refractivity contribution in [2.45, 2.75) is 93.7 Å². The Bertz CT molecular complexity index is 2330. The van der Waals surface area contributed by atoms with Crippen LogP contribution >= 0.6 is 12.6 Å². The Morgan fingerprint density at radius 2 is 1.34 bits per heavy atom. The molecule has 7 atom stereocenters. The van der Waals surface area contributed by atoms with E-state index in [1.165, 1.54) is 22.3 Å². The van der Waals surface area contributed by atoms with Crippen LogP contribution in [0, 0.1) is 0 Å². The number of hydrogen-bond donors (Lipinski definition) is 10. The molecule has 0 spiro atoms. The van der Waals surface area contributed by atoms with Crippen molar-refractivity contribution >= 4 is 70.9 Å². The number of carboxylic acids is 1. The van der Waals surface area contributed by atoms with Crippen molar-refractivity contribution in [2.75, 3.05) is 18.8 Å². The molecule has 6 rings (SSSR count). The number of primary amides is 1. The molecule has 21 heteroatoms. The van der Waals surface area contributed by atoms with E-state index in [0.29, 0.717) is 29.7 Å². The van der Waals surface area contributed by atoms with Gasteiger partial charge in [0, 0.05) is 67.1 Å². The number of nitrogens with one attached hydrogen (secondary N) is 6. The first-order valence-corrected chi connectivity index (χ1v) is 21.6. The van der Waals surface area contributed by atoms with Crippen LogP contribution in [-0.2, 0) is 57.6 Å². The molecule has 2 aromatic heterocycles. The van der Waals surface area contributed by atoms with Crippen LogP contribution in [0.15, 0.2) is 73.3 Å². The van der Waals surface area contributed by atoms with Gasteiger partial charge in [-0.3, -0.25) is 33.6 Å². The molecule has 4 heterocycles. The summed E-state index contributed by atoms with van der Waals surface area (Å²) in [5.74, 6) is -6.23. The number of hydrogen-bond acceptors (Lipinski definition) is 11. The molecule has 0 saturated carbocycles. The van der Waals surface area contributed by atoms with Gasteiger partial charge in [-0.25, -0.2) is 9.78 Å². The van der Waals surface area contributed by atoms with Crippen LogP contribution < -0.4 is 32.7 Å². The van der Waals surface area contributed by atoms with E-state index in [4.69, 9.17) is 11.5 Å². The molecule has 0 radical (unpaired) electrons. The third kappa shape index (κ3) is 11.6. The van der Waals surface area contributed by atoms with Crippen LogP contribution in [0.2, 0.25) is 0 Å². The number of fused-ring (bicyclic) bond motifs is 1. The number of aliphatic carboxylic acids is 1. The number of amides is 7. The van der Waals surface area contributed by atoms with Gasteiger partial charge in [0.05, 0.1) is 18.8 Å². The highest BCUT2D eigenvalue weighted by atomic mass is 32.1. The molecule has 2 aromatic carbocycles. The first-order valence-electron chi connectivity index (χ1n) is 21.0. The Hall–Kier alpha value is -6.74. The predicted octanol–water partition coefficient (Wildman–Crippen LogP) is -0.943. The predicted molar refractivity (Wildman–Crippen MR) is 235 cm³/mol. The number of rotatable bonds is 20. The van der Waals surface area contributed by atoms with Crippen molar-refractivity contribution in [2.24, 2.45) is 11.5 Å². The summed E-state index contributed by atoms with van der Waals surface area (Å²) in [6, 6.07) is 7.92. The molecule has 2 aliphatic rings. The molecule has 4 aromatic rings. The van der Waals surface area contributed by atoms with Crippen LogP contribution in [0.1, 0.15) is 48.9 Å². The summed E-state index contributed by atoms with van der Waals surface area (Å²) < 4.78 is 0. The zero-order chi connectivity index (χ0) is 45.9. The second-order valence-corrected chi connectivity index (χ2v) is 16.3.